The van der Waals surface area contributed by atoms with E-state index < -0.39 is 5.54 Å². The Hall–Kier alpha value is -3.07. The van der Waals surface area contributed by atoms with E-state index in [1.165, 1.54) is 7.05 Å². The fourth-order valence-corrected chi connectivity index (χ4v) is 4.66. The molecule has 178 valence electrons. The lowest BCUT2D eigenvalue weighted by atomic mass is 9.99. The molecule has 0 atom stereocenters. The number of nitrogens with one attached hydrogen (secondary N) is 1. The second-order valence-electron chi connectivity index (χ2n) is 9.46. The number of aromatic nitrogens is 4. The van der Waals surface area contributed by atoms with Gasteiger partial charge in [-0.25, -0.2) is 4.79 Å². The summed E-state index contributed by atoms with van der Waals surface area (Å²) >= 11 is 0. The van der Waals surface area contributed by atoms with Crippen molar-refractivity contribution in [2.24, 2.45) is 13.0 Å². The number of aliphatic hydroxyl groups is 1. The number of ether oxygens (including phenoxy) is 1. The second-order valence-corrected chi connectivity index (χ2v) is 9.46. The van der Waals surface area contributed by atoms with Crippen molar-refractivity contribution >= 4 is 17.1 Å². The lowest BCUT2D eigenvalue weighted by molar-refractivity contribution is 0.213. The fraction of sp³-hybridized carbons (Fsp3) is 0.542. The zero-order valence-electron chi connectivity index (χ0n) is 19.8. The predicted octanol–water partition coefficient (Wildman–Crippen LogP) is 2.33. The average Bonchev–Trinajstić information content (AvgIpc) is 3.41. The van der Waals surface area contributed by atoms with Gasteiger partial charge >= 0.3 is 5.69 Å². The van der Waals surface area contributed by atoms with Crippen LogP contribution in [-0.2, 0) is 20.1 Å². The maximum absolute atomic E-state index is 13.3. The SMILES string of the molecule is COc1ccc(Cn2c(NC3(CO)CCCC3)nc3c2c(=O)n(C)c(=O)n3CC(C)C)cc1. The summed E-state index contributed by atoms with van der Waals surface area (Å²) in [5.74, 6) is 1.45. The van der Waals surface area contributed by atoms with E-state index in [-0.39, 0.29) is 23.8 Å². The van der Waals surface area contributed by atoms with Crippen LogP contribution in [0.3, 0.4) is 0 Å². The van der Waals surface area contributed by atoms with E-state index in [1.54, 1.807) is 11.7 Å². The molecule has 2 aromatic heterocycles. The summed E-state index contributed by atoms with van der Waals surface area (Å²) in [5, 5.41) is 13.6. The summed E-state index contributed by atoms with van der Waals surface area (Å²) < 4.78 is 9.84. The van der Waals surface area contributed by atoms with Crippen LogP contribution in [0.15, 0.2) is 33.9 Å². The molecule has 4 rings (SSSR count). The Bertz CT molecular complexity index is 1250. The van der Waals surface area contributed by atoms with Crippen LogP contribution in [-0.4, -0.2) is 43.0 Å². The molecule has 0 bridgehead atoms. The van der Waals surface area contributed by atoms with Crippen molar-refractivity contribution in [3.05, 3.63) is 50.7 Å². The monoisotopic (exact) mass is 455 g/mol. The number of nitrogens with zero attached hydrogens (tertiary/aromatic N) is 4. The van der Waals surface area contributed by atoms with Gasteiger partial charge in [-0.2, -0.15) is 4.98 Å². The molecule has 1 aliphatic carbocycles. The molecular formula is C24H33N5O4. The van der Waals surface area contributed by atoms with Crippen molar-refractivity contribution in [3.8, 4) is 5.75 Å². The molecule has 2 N–H and O–H groups in total. The number of methoxy groups -OCH3 is 1. The number of hydrogen-bond donors (Lipinski definition) is 2. The quantitative estimate of drug-likeness (QED) is 0.540. The third kappa shape index (κ3) is 4.29. The molecule has 0 amide bonds. The molecule has 1 saturated carbocycles. The number of imidazole rings is 1. The lowest BCUT2D eigenvalue weighted by Crippen LogP contribution is -2.40. The lowest BCUT2D eigenvalue weighted by Gasteiger charge is -2.28. The minimum Gasteiger partial charge on any atom is -0.497 e. The predicted molar refractivity (Wildman–Crippen MR) is 128 cm³/mol. The minimum atomic E-state index is -0.479. The standard InChI is InChI=1S/C24H33N5O4/c1-16(2)13-29-20-19(21(31)27(3)23(29)32)28(14-17-7-9-18(33-4)10-8-17)22(25-20)26-24(15-30)11-5-6-12-24/h7-10,16,30H,5-6,11-15H2,1-4H3,(H,25,26). The summed E-state index contributed by atoms with van der Waals surface area (Å²) in [6, 6.07) is 7.64. The molecule has 2 heterocycles. The first kappa shape index (κ1) is 23.1. The molecule has 1 aliphatic rings. The second kappa shape index (κ2) is 9.05. The van der Waals surface area contributed by atoms with Gasteiger partial charge in [0, 0.05) is 13.6 Å². The smallest absolute Gasteiger partial charge is 0.332 e. The Morgan fingerprint density at radius 2 is 1.82 bits per heavy atom. The van der Waals surface area contributed by atoms with Crippen LogP contribution < -0.4 is 21.3 Å². The number of fused-ring (bicyclic) bond motifs is 1. The maximum Gasteiger partial charge on any atom is 0.332 e. The minimum absolute atomic E-state index is 0.0183. The number of rotatable bonds is 8. The molecule has 1 aromatic carbocycles. The Morgan fingerprint density at radius 3 is 2.39 bits per heavy atom. The Labute approximate surface area is 192 Å². The molecular weight excluding hydrogens is 422 g/mol. The first-order chi connectivity index (χ1) is 15.8. The van der Waals surface area contributed by atoms with Gasteiger partial charge in [-0.3, -0.25) is 18.5 Å². The van der Waals surface area contributed by atoms with Crippen molar-refractivity contribution in [3.63, 3.8) is 0 Å². The highest BCUT2D eigenvalue weighted by atomic mass is 16.5. The molecule has 9 heteroatoms. The van der Waals surface area contributed by atoms with Gasteiger partial charge in [0.2, 0.25) is 5.95 Å². The van der Waals surface area contributed by atoms with E-state index in [4.69, 9.17) is 9.72 Å². The maximum atomic E-state index is 13.3. The highest BCUT2D eigenvalue weighted by molar-refractivity contribution is 5.75. The van der Waals surface area contributed by atoms with E-state index >= 15 is 0 Å². The number of benzene rings is 1. The first-order valence-electron chi connectivity index (χ1n) is 11.5. The Balaban J connectivity index is 1.93. The van der Waals surface area contributed by atoms with Crippen molar-refractivity contribution in [1.82, 2.24) is 18.7 Å². The van der Waals surface area contributed by atoms with Crippen LogP contribution in [0.4, 0.5) is 5.95 Å². The van der Waals surface area contributed by atoms with Crippen LogP contribution in [0.25, 0.3) is 11.2 Å². The van der Waals surface area contributed by atoms with E-state index in [2.05, 4.69) is 5.32 Å². The van der Waals surface area contributed by atoms with Gasteiger partial charge in [0.25, 0.3) is 5.56 Å². The van der Waals surface area contributed by atoms with Crippen LogP contribution in [0, 0.1) is 5.92 Å². The molecule has 0 spiro atoms. The van der Waals surface area contributed by atoms with Crippen molar-refractivity contribution in [1.29, 1.82) is 0 Å². The van der Waals surface area contributed by atoms with Crippen LogP contribution in [0.1, 0.15) is 45.1 Å². The number of anilines is 1. The Kier molecular flexibility index (Phi) is 6.34. The molecule has 0 radical (unpaired) electrons. The highest BCUT2D eigenvalue weighted by Gasteiger charge is 2.35. The van der Waals surface area contributed by atoms with Gasteiger partial charge in [-0.1, -0.05) is 38.8 Å². The number of hydrogen-bond acceptors (Lipinski definition) is 6. The van der Waals surface area contributed by atoms with Crippen molar-refractivity contribution < 1.29 is 9.84 Å². The van der Waals surface area contributed by atoms with Crippen LogP contribution in [0.2, 0.25) is 0 Å². The molecule has 9 nitrogen and oxygen atoms in total. The molecule has 3 aromatic rings. The molecule has 1 fully saturated rings. The molecule has 0 unspecified atom stereocenters. The molecule has 0 aliphatic heterocycles. The van der Waals surface area contributed by atoms with Crippen LogP contribution in [0.5, 0.6) is 5.75 Å². The zero-order valence-corrected chi connectivity index (χ0v) is 19.8. The zero-order chi connectivity index (χ0) is 23.8. The van der Waals surface area contributed by atoms with E-state index in [0.717, 1.165) is 41.6 Å². The van der Waals surface area contributed by atoms with E-state index in [0.29, 0.717) is 30.2 Å². The van der Waals surface area contributed by atoms with Crippen LogP contribution >= 0.6 is 0 Å². The van der Waals surface area contributed by atoms with Crippen molar-refractivity contribution in [2.45, 2.75) is 58.2 Å². The summed E-state index contributed by atoms with van der Waals surface area (Å²) in [6.07, 6.45) is 3.69. The third-order valence-corrected chi connectivity index (χ3v) is 6.52. The highest BCUT2D eigenvalue weighted by Crippen LogP contribution is 2.33. The fourth-order valence-electron chi connectivity index (χ4n) is 4.66. The van der Waals surface area contributed by atoms with E-state index in [9.17, 15) is 14.7 Å². The summed E-state index contributed by atoms with van der Waals surface area (Å²) in [7, 11) is 3.12. The first-order valence-corrected chi connectivity index (χ1v) is 11.5. The Morgan fingerprint density at radius 1 is 1.15 bits per heavy atom. The van der Waals surface area contributed by atoms with Gasteiger partial charge in [0.15, 0.2) is 11.2 Å². The normalized spacial score (nSPS) is 15.5. The topological polar surface area (TPSA) is 103 Å². The number of aliphatic hydroxyl groups excluding tert-OH is 1. The van der Waals surface area contributed by atoms with Gasteiger partial charge in [0.1, 0.15) is 5.75 Å². The summed E-state index contributed by atoms with van der Waals surface area (Å²) in [5.41, 5.74) is 0.480. The summed E-state index contributed by atoms with van der Waals surface area (Å²) in [4.78, 5) is 31.0. The summed E-state index contributed by atoms with van der Waals surface area (Å²) in [6.45, 7) is 4.87. The van der Waals surface area contributed by atoms with Gasteiger partial charge in [0.05, 0.1) is 25.8 Å². The van der Waals surface area contributed by atoms with E-state index in [1.807, 2.05) is 42.7 Å². The van der Waals surface area contributed by atoms with Gasteiger partial charge in [-0.15, -0.1) is 0 Å². The van der Waals surface area contributed by atoms with Gasteiger partial charge in [-0.05, 0) is 36.5 Å². The molecule has 33 heavy (non-hydrogen) atoms. The third-order valence-electron chi connectivity index (χ3n) is 6.52. The largest absolute Gasteiger partial charge is 0.497 e. The average molecular weight is 456 g/mol. The molecule has 0 saturated heterocycles. The van der Waals surface area contributed by atoms with Crippen molar-refractivity contribution in [2.75, 3.05) is 19.0 Å². The van der Waals surface area contributed by atoms with Gasteiger partial charge < -0.3 is 15.2 Å².